The first-order valence-corrected chi connectivity index (χ1v) is 7.16. The van der Waals surface area contributed by atoms with Crippen LogP contribution in [0.25, 0.3) is 22.0 Å². The Morgan fingerprint density at radius 2 is 1.90 bits per heavy atom. The molecular weight excluding hydrogens is 262 g/mol. The Bertz CT molecular complexity index is 804. The predicted octanol–water partition coefficient (Wildman–Crippen LogP) is 2.91. The van der Waals surface area contributed by atoms with Gasteiger partial charge in [-0.15, -0.1) is 0 Å². The Kier molecular flexibility index (Phi) is 3.25. The highest BCUT2D eigenvalue weighted by molar-refractivity contribution is 5.90. The number of aromatic nitrogens is 3. The summed E-state index contributed by atoms with van der Waals surface area (Å²) in [7, 11) is 0. The molecule has 0 fully saturated rings. The van der Waals surface area contributed by atoms with Gasteiger partial charge in [0.25, 0.3) is 0 Å². The number of H-pyrrole nitrogens is 1. The molecule has 5 N–H and O–H groups in total. The molecule has 0 unspecified atom stereocenters. The Morgan fingerprint density at radius 1 is 1.10 bits per heavy atom. The van der Waals surface area contributed by atoms with E-state index in [1.54, 1.807) is 0 Å². The minimum absolute atomic E-state index is 0.227. The van der Waals surface area contributed by atoms with Crippen molar-refractivity contribution in [1.82, 2.24) is 15.0 Å². The number of hydrogen-bond donors (Lipinski definition) is 3. The van der Waals surface area contributed by atoms with Crippen LogP contribution in [0.15, 0.2) is 24.4 Å². The zero-order valence-electron chi connectivity index (χ0n) is 12.3. The Hall–Kier alpha value is -2.56. The van der Waals surface area contributed by atoms with Gasteiger partial charge in [0, 0.05) is 22.7 Å². The summed E-state index contributed by atoms with van der Waals surface area (Å²) < 4.78 is 0. The molecule has 0 radical (unpaired) electrons. The second-order valence-corrected chi connectivity index (χ2v) is 5.07. The van der Waals surface area contributed by atoms with E-state index in [1.165, 1.54) is 10.9 Å². The van der Waals surface area contributed by atoms with Crippen molar-refractivity contribution >= 4 is 22.7 Å². The summed E-state index contributed by atoms with van der Waals surface area (Å²) in [4.78, 5) is 11.7. The van der Waals surface area contributed by atoms with Crippen LogP contribution >= 0.6 is 0 Å². The van der Waals surface area contributed by atoms with Crippen LogP contribution in [-0.2, 0) is 12.8 Å². The third kappa shape index (κ3) is 2.20. The minimum Gasteiger partial charge on any atom is -0.383 e. The highest BCUT2D eigenvalue weighted by Crippen LogP contribution is 2.32. The number of nitrogens with two attached hydrogens (primary N) is 2. The normalized spacial score (nSPS) is 11.1. The van der Waals surface area contributed by atoms with Gasteiger partial charge in [0.15, 0.2) is 0 Å². The topological polar surface area (TPSA) is 93.6 Å². The number of hydrogen-bond acceptors (Lipinski definition) is 4. The summed E-state index contributed by atoms with van der Waals surface area (Å²) in [6.45, 7) is 4.18. The number of rotatable bonds is 3. The average molecular weight is 281 g/mol. The lowest BCUT2D eigenvalue weighted by atomic mass is 10.00. The fraction of sp³-hybridized carbons (Fsp3) is 0.250. The molecule has 0 bridgehead atoms. The molecule has 0 saturated heterocycles. The van der Waals surface area contributed by atoms with Gasteiger partial charge in [-0.1, -0.05) is 19.9 Å². The molecule has 1 aromatic carbocycles. The van der Waals surface area contributed by atoms with Gasteiger partial charge in [-0.25, -0.2) is 4.98 Å². The molecule has 0 aliphatic rings. The summed E-state index contributed by atoms with van der Waals surface area (Å²) in [5.41, 5.74) is 17.0. The van der Waals surface area contributed by atoms with E-state index in [1.807, 2.05) is 13.0 Å². The first-order chi connectivity index (χ1) is 10.1. The summed E-state index contributed by atoms with van der Waals surface area (Å²) >= 11 is 0. The van der Waals surface area contributed by atoms with Gasteiger partial charge >= 0.3 is 0 Å². The summed E-state index contributed by atoms with van der Waals surface area (Å²) in [6, 6.07) is 6.26. The molecule has 0 amide bonds. The van der Waals surface area contributed by atoms with Crippen LogP contribution in [0.3, 0.4) is 0 Å². The molecule has 3 aromatic rings. The second-order valence-electron chi connectivity index (χ2n) is 5.07. The van der Waals surface area contributed by atoms with E-state index in [0.29, 0.717) is 5.82 Å². The van der Waals surface area contributed by atoms with Crippen molar-refractivity contribution in [2.75, 3.05) is 11.5 Å². The van der Waals surface area contributed by atoms with Crippen molar-refractivity contribution in [2.24, 2.45) is 0 Å². The molecule has 0 aliphatic heterocycles. The lowest BCUT2D eigenvalue weighted by Crippen LogP contribution is -2.06. The van der Waals surface area contributed by atoms with Crippen LogP contribution in [0, 0.1) is 0 Å². The first kappa shape index (κ1) is 13.4. The number of anilines is 2. The molecule has 0 saturated carbocycles. The predicted molar refractivity (Wildman–Crippen MR) is 86.9 cm³/mol. The van der Waals surface area contributed by atoms with Crippen LogP contribution in [-0.4, -0.2) is 15.0 Å². The molecule has 0 aliphatic carbocycles. The van der Waals surface area contributed by atoms with E-state index >= 15 is 0 Å². The van der Waals surface area contributed by atoms with Gasteiger partial charge in [0.1, 0.15) is 5.82 Å². The minimum atomic E-state index is 0.227. The fourth-order valence-electron chi connectivity index (χ4n) is 2.74. The quantitative estimate of drug-likeness (QED) is 0.688. The van der Waals surface area contributed by atoms with E-state index < -0.39 is 0 Å². The maximum Gasteiger partial charge on any atom is 0.222 e. The average Bonchev–Trinajstić information content (AvgIpc) is 2.88. The summed E-state index contributed by atoms with van der Waals surface area (Å²) in [5.74, 6) is 0.664. The van der Waals surface area contributed by atoms with E-state index in [2.05, 4.69) is 40.2 Å². The number of nitrogen functional groups attached to an aromatic ring is 2. The van der Waals surface area contributed by atoms with Gasteiger partial charge in [0.2, 0.25) is 5.95 Å². The van der Waals surface area contributed by atoms with E-state index in [4.69, 9.17) is 11.5 Å². The van der Waals surface area contributed by atoms with Crippen molar-refractivity contribution in [3.8, 4) is 11.1 Å². The number of aromatic amines is 1. The van der Waals surface area contributed by atoms with E-state index in [-0.39, 0.29) is 5.95 Å². The number of benzene rings is 1. The molecule has 5 heteroatoms. The Balaban J connectivity index is 2.25. The third-order valence-corrected chi connectivity index (χ3v) is 3.80. The van der Waals surface area contributed by atoms with Crippen molar-refractivity contribution in [3.05, 3.63) is 35.7 Å². The standard InChI is InChI=1S/C16H19N5/c1-3-9-8-19-13-6-5-10(7-11(9)13)14-12(4-2)20-16(18)21-15(14)17/h5-8,19H,3-4H2,1-2H3,(H4,17,18,20,21). The molecule has 5 nitrogen and oxygen atoms in total. The number of nitrogens with one attached hydrogen (secondary N) is 1. The highest BCUT2D eigenvalue weighted by Gasteiger charge is 2.13. The maximum atomic E-state index is 6.08. The molecule has 2 aromatic heterocycles. The van der Waals surface area contributed by atoms with E-state index in [0.717, 1.165) is 35.2 Å². The molecule has 0 spiro atoms. The van der Waals surface area contributed by atoms with Crippen LogP contribution < -0.4 is 11.5 Å². The molecule has 108 valence electrons. The fourth-order valence-corrected chi connectivity index (χ4v) is 2.74. The van der Waals surface area contributed by atoms with Gasteiger partial charge in [-0.2, -0.15) is 4.98 Å². The van der Waals surface area contributed by atoms with Crippen molar-refractivity contribution in [2.45, 2.75) is 26.7 Å². The molecule has 0 atom stereocenters. The third-order valence-electron chi connectivity index (χ3n) is 3.80. The Morgan fingerprint density at radius 3 is 2.62 bits per heavy atom. The first-order valence-electron chi connectivity index (χ1n) is 7.16. The highest BCUT2D eigenvalue weighted by atomic mass is 15.0. The molecule has 3 rings (SSSR count). The number of nitrogens with zero attached hydrogens (tertiary/aromatic N) is 2. The van der Waals surface area contributed by atoms with E-state index in [9.17, 15) is 0 Å². The molecular formula is C16H19N5. The van der Waals surface area contributed by atoms with Crippen LogP contribution in [0.4, 0.5) is 11.8 Å². The van der Waals surface area contributed by atoms with Gasteiger partial charge in [-0.05, 0) is 36.1 Å². The lowest BCUT2D eigenvalue weighted by Gasteiger charge is -2.11. The number of aryl methyl sites for hydroxylation is 2. The number of fused-ring (bicyclic) bond motifs is 1. The van der Waals surface area contributed by atoms with Gasteiger partial charge in [0.05, 0.1) is 5.69 Å². The smallest absolute Gasteiger partial charge is 0.222 e. The SMILES string of the molecule is CCc1nc(N)nc(N)c1-c1ccc2[nH]cc(CC)c2c1. The summed E-state index contributed by atoms with van der Waals surface area (Å²) in [6.07, 6.45) is 3.80. The molecule has 21 heavy (non-hydrogen) atoms. The lowest BCUT2D eigenvalue weighted by molar-refractivity contribution is 1.02. The maximum absolute atomic E-state index is 6.08. The zero-order valence-corrected chi connectivity index (χ0v) is 12.3. The van der Waals surface area contributed by atoms with Crippen LogP contribution in [0.5, 0.6) is 0 Å². The van der Waals surface area contributed by atoms with Crippen molar-refractivity contribution < 1.29 is 0 Å². The van der Waals surface area contributed by atoms with Crippen LogP contribution in [0.1, 0.15) is 25.1 Å². The molecule has 2 heterocycles. The largest absolute Gasteiger partial charge is 0.383 e. The van der Waals surface area contributed by atoms with Crippen molar-refractivity contribution in [3.63, 3.8) is 0 Å². The zero-order chi connectivity index (χ0) is 15.0. The van der Waals surface area contributed by atoms with Crippen molar-refractivity contribution in [1.29, 1.82) is 0 Å². The monoisotopic (exact) mass is 281 g/mol. The van der Waals surface area contributed by atoms with Gasteiger partial charge < -0.3 is 16.5 Å². The van der Waals surface area contributed by atoms with Crippen LogP contribution in [0.2, 0.25) is 0 Å². The second kappa shape index (κ2) is 5.09. The van der Waals surface area contributed by atoms with Gasteiger partial charge in [-0.3, -0.25) is 0 Å². The Labute approximate surface area is 123 Å². The summed E-state index contributed by atoms with van der Waals surface area (Å²) in [5, 5.41) is 1.22.